The van der Waals surface area contributed by atoms with E-state index in [4.69, 9.17) is 5.11 Å². The molecule has 0 fully saturated rings. The summed E-state index contributed by atoms with van der Waals surface area (Å²) < 4.78 is 0. The van der Waals surface area contributed by atoms with E-state index >= 15 is 0 Å². The number of allylic oxidation sites excluding steroid dienone is 5. The van der Waals surface area contributed by atoms with Crippen LogP contribution in [0.5, 0.6) is 0 Å². The van der Waals surface area contributed by atoms with Crippen LogP contribution in [-0.4, -0.2) is 16.2 Å². The fourth-order valence-corrected chi connectivity index (χ4v) is 8.41. The van der Waals surface area contributed by atoms with E-state index in [-0.39, 0.29) is 0 Å². The molecule has 0 unspecified atom stereocenters. The molecule has 0 rings (SSSR count). The summed E-state index contributed by atoms with van der Waals surface area (Å²) in [5.41, 5.74) is 5.50. The standard InChI is InChI=1S/C57H100O3/c1-6-9-11-13-15-17-19-21-27-33-39-46-54(52(4)44-37-31-25-23-30-36-42-49-57(59)60)50-51-56(48-41-35-29-24-26-32-38-45-53(5)58)55(43-8-3)47-40-34-28-22-20-18-16-14-12-10-7-2/h58H,5-7,9-42,44-49H2,1-4H3,(H,59,60)/b54-52-,56-55-. The molecule has 2 N–H and O–H groups in total. The summed E-state index contributed by atoms with van der Waals surface area (Å²) in [4.78, 5) is 10.8. The Labute approximate surface area is 375 Å². The van der Waals surface area contributed by atoms with Crippen molar-refractivity contribution >= 4 is 5.97 Å². The summed E-state index contributed by atoms with van der Waals surface area (Å²) in [6.45, 7) is 12.6. The minimum atomic E-state index is -0.671. The van der Waals surface area contributed by atoms with Crippen LogP contribution in [0.25, 0.3) is 0 Å². The van der Waals surface area contributed by atoms with Crippen LogP contribution < -0.4 is 0 Å². The lowest BCUT2D eigenvalue weighted by Gasteiger charge is -2.10. The van der Waals surface area contributed by atoms with Crippen molar-refractivity contribution in [1.82, 2.24) is 0 Å². The molecule has 0 amide bonds. The van der Waals surface area contributed by atoms with Crippen LogP contribution in [-0.2, 0) is 4.79 Å². The quantitative estimate of drug-likeness (QED) is 0.0365. The maximum absolute atomic E-state index is 10.8. The van der Waals surface area contributed by atoms with Gasteiger partial charge in [0.25, 0.3) is 0 Å². The summed E-state index contributed by atoms with van der Waals surface area (Å²) in [6.07, 6.45) is 51.6. The molecular formula is C57H100O3. The monoisotopic (exact) mass is 833 g/mol. The van der Waals surface area contributed by atoms with Gasteiger partial charge >= 0.3 is 5.97 Å². The van der Waals surface area contributed by atoms with Crippen LogP contribution in [0.2, 0.25) is 0 Å². The van der Waals surface area contributed by atoms with Gasteiger partial charge in [-0.15, -0.1) is 5.92 Å². The number of rotatable bonds is 44. The number of carboxylic acids is 1. The number of carbonyl (C=O) groups is 1. The van der Waals surface area contributed by atoms with Crippen molar-refractivity contribution in [2.75, 3.05) is 0 Å². The van der Waals surface area contributed by atoms with Gasteiger partial charge in [0.05, 0.1) is 5.76 Å². The second kappa shape index (κ2) is 46.1. The molecule has 0 heterocycles. The molecule has 3 nitrogen and oxygen atoms in total. The second-order valence-corrected chi connectivity index (χ2v) is 18.3. The van der Waals surface area contributed by atoms with Crippen LogP contribution in [0.4, 0.5) is 0 Å². The molecule has 0 radical (unpaired) electrons. The van der Waals surface area contributed by atoms with E-state index in [0.717, 1.165) is 57.8 Å². The molecular weight excluding hydrogens is 733 g/mol. The average Bonchev–Trinajstić information content (AvgIpc) is 3.23. The van der Waals surface area contributed by atoms with Crippen molar-refractivity contribution in [3.63, 3.8) is 0 Å². The molecule has 0 aromatic heterocycles. The van der Waals surface area contributed by atoms with Gasteiger partial charge in [-0.1, -0.05) is 236 Å². The van der Waals surface area contributed by atoms with Gasteiger partial charge in [-0.2, -0.15) is 0 Å². The van der Waals surface area contributed by atoms with Gasteiger partial charge in [0.15, 0.2) is 0 Å². The Bertz CT molecular complexity index is 1200. The van der Waals surface area contributed by atoms with Gasteiger partial charge in [0.1, 0.15) is 0 Å². The minimum Gasteiger partial charge on any atom is -0.513 e. The van der Waals surface area contributed by atoms with Gasteiger partial charge in [0, 0.05) is 29.6 Å². The molecule has 0 aliphatic rings. The van der Waals surface area contributed by atoms with E-state index < -0.39 is 5.97 Å². The Morgan fingerprint density at radius 3 is 0.967 bits per heavy atom. The van der Waals surface area contributed by atoms with Gasteiger partial charge in [-0.3, -0.25) is 4.79 Å². The molecule has 0 atom stereocenters. The topological polar surface area (TPSA) is 57.5 Å². The third kappa shape index (κ3) is 41.0. The number of aliphatic hydroxyl groups is 1. The van der Waals surface area contributed by atoms with E-state index in [1.165, 1.54) is 228 Å². The van der Waals surface area contributed by atoms with E-state index in [0.29, 0.717) is 12.2 Å². The predicted octanol–water partition coefficient (Wildman–Crippen LogP) is 19.2. The summed E-state index contributed by atoms with van der Waals surface area (Å²) in [6, 6.07) is 0. The molecule has 346 valence electrons. The lowest BCUT2D eigenvalue weighted by Crippen LogP contribution is -1.94. The van der Waals surface area contributed by atoms with Crippen molar-refractivity contribution in [2.24, 2.45) is 0 Å². The molecule has 3 heteroatoms. The first-order valence-corrected chi connectivity index (χ1v) is 26.3. The van der Waals surface area contributed by atoms with Crippen LogP contribution in [0.1, 0.15) is 297 Å². The smallest absolute Gasteiger partial charge is 0.303 e. The predicted molar refractivity (Wildman–Crippen MR) is 266 cm³/mol. The van der Waals surface area contributed by atoms with Gasteiger partial charge in [-0.25, -0.2) is 0 Å². The summed E-state index contributed by atoms with van der Waals surface area (Å²) in [7, 11) is 0. The Morgan fingerprint density at radius 2 is 0.633 bits per heavy atom. The lowest BCUT2D eigenvalue weighted by molar-refractivity contribution is -0.137. The molecule has 60 heavy (non-hydrogen) atoms. The molecule has 0 aliphatic carbocycles. The summed E-state index contributed by atoms with van der Waals surface area (Å²) in [5, 5.41) is 18.3. The highest BCUT2D eigenvalue weighted by atomic mass is 16.4. The molecule has 0 bridgehead atoms. The number of hydrogen-bond donors (Lipinski definition) is 2. The zero-order chi connectivity index (χ0) is 44.0. The second-order valence-electron chi connectivity index (χ2n) is 18.3. The highest BCUT2D eigenvalue weighted by Gasteiger charge is 2.07. The van der Waals surface area contributed by atoms with Crippen LogP contribution >= 0.6 is 0 Å². The van der Waals surface area contributed by atoms with Crippen molar-refractivity contribution in [3.05, 3.63) is 34.6 Å². The van der Waals surface area contributed by atoms with E-state index in [2.05, 4.69) is 51.0 Å². The Hall–Kier alpha value is -2.39. The van der Waals surface area contributed by atoms with Gasteiger partial charge < -0.3 is 10.2 Å². The highest BCUT2D eigenvalue weighted by molar-refractivity contribution is 5.66. The normalized spacial score (nSPS) is 12.0. The number of aliphatic hydroxyl groups excluding tert-OH is 1. The minimum absolute atomic E-state index is 0.305. The molecule has 0 aromatic rings. The number of hydrogen-bond acceptors (Lipinski definition) is 2. The van der Waals surface area contributed by atoms with E-state index in [1.54, 1.807) is 0 Å². The van der Waals surface area contributed by atoms with Crippen molar-refractivity contribution in [2.45, 2.75) is 297 Å². The third-order valence-electron chi connectivity index (χ3n) is 12.4. The molecule has 0 saturated heterocycles. The van der Waals surface area contributed by atoms with Crippen LogP contribution in [0, 0.1) is 23.7 Å². The molecule has 0 aromatic carbocycles. The molecule has 0 aliphatic heterocycles. The fraction of sp³-hybridized carbons (Fsp3) is 0.807. The maximum atomic E-state index is 10.8. The SMILES string of the molecule is C=C(O)CCCCCCCCC/C(C#C/C(CCCCCCCCCCCCC)=C(/C)CCCCCCCCCC(=O)O)=C(\C#CC)CCCCCCCCCCCCC. The maximum Gasteiger partial charge on any atom is 0.303 e. The highest BCUT2D eigenvalue weighted by Crippen LogP contribution is 2.24. The zero-order valence-corrected chi connectivity index (χ0v) is 40.7. The summed E-state index contributed by atoms with van der Waals surface area (Å²) in [5.74, 6) is 14.2. The van der Waals surface area contributed by atoms with Crippen molar-refractivity contribution < 1.29 is 15.0 Å². The van der Waals surface area contributed by atoms with Crippen LogP contribution in [0.3, 0.4) is 0 Å². The van der Waals surface area contributed by atoms with Crippen LogP contribution in [0.15, 0.2) is 34.6 Å². The molecule has 0 spiro atoms. The first-order chi connectivity index (χ1) is 29.3. The summed E-state index contributed by atoms with van der Waals surface area (Å²) >= 11 is 0. The van der Waals surface area contributed by atoms with Gasteiger partial charge in [-0.05, 0) is 78.1 Å². The average molecular weight is 833 g/mol. The Morgan fingerprint density at radius 1 is 0.367 bits per heavy atom. The zero-order valence-electron chi connectivity index (χ0n) is 40.7. The van der Waals surface area contributed by atoms with Crippen molar-refractivity contribution in [1.29, 1.82) is 0 Å². The first kappa shape index (κ1) is 57.6. The largest absolute Gasteiger partial charge is 0.513 e. The van der Waals surface area contributed by atoms with Gasteiger partial charge in [0.2, 0.25) is 0 Å². The Kier molecular flexibility index (Phi) is 44.3. The third-order valence-corrected chi connectivity index (χ3v) is 12.4. The fourth-order valence-electron chi connectivity index (χ4n) is 8.41. The molecule has 0 saturated carbocycles. The first-order valence-electron chi connectivity index (χ1n) is 26.3. The van der Waals surface area contributed by atoms with E-state index in [1.807, 2.05) is 6.92 Å². The number of unbranched alkanes of at least 4 members (excludes halogenated alkanes) is 32. The lowest BCUT2D eigenvalue weighted by atomic mass is 9.94. The number of aliphatic carboxylic acids is 1. The van der Waals surface area contributed by atoms with Crippen molar-refractivity contribution in [3.8, 4) is 23.7 Å². The van der Waals surface area contributed by atoms with E-state index in [9.17, 15) is 9.90 Å². The Balaban J connectivity index is 5.67. The number of carboxylic acid groups (broad SMARTS) is 1.